The van der Waals surface area contributed by atoms with Crippen molar-refractivity contribution in [1.29, 1.82) is 5.26 Å². The number of halogens is 1. The average Bonchev–Trinajstić information content (AvgIpc) is 2.51. The first kappa shape index (κ1) is 20.3. The molecule has 2 rings (SSSR count). The van der Waals surface area contributed by atoms with E-state index in [1.807, 2.05) is 24.3 Å². The van der Waals surface area contributed by atoms with Gasteiger partial charge in [-0.2, -0.15) is 5.26 Å². The van der Waals surface area contributed by atoms with E-state index >= 15 is 0 Å². The summed E-state index contributed by atoms with van der Waals surface area (Å²) in [4.78, 5) is 12.3. The van der Waals surface area contributed by atoms with E-state index < -0.39 is 5.91 Å². The van der Waals surface area contributed by atoms with Gasteiger partial charge in [-0.25, -0.2) is 0 Å². The molecule has 6 heteroatoms. The highest BCUT2D eigenvalue weighted by Gasteiger charge is 2.37. The monoisotopic (exact) mass is 374 g/mol. The molecule has 140 valence electrons. The number of amides is 1. The number of nitrogens with one attached hydrogen (secondary N) is 3. The molecule has 0 unspecified atom stereocenters. The summed E-state index contributed by atoms with van der Waals surface area (Å²) < 4.78 is 0. The van der Waals surface area contributed by atoms with Crippen molar-refractivity contribution in [2.75, 3.05) is 0 Å². The fourth-order valence-corrected chi connectivity index (χ4v) is 3.90. The van der Waals surface area contributed by atoms with Gasteiger partial charge in [0.2, 0.25) is 0 Å². The van der Waals surface area contributed by atoms with Crippen LogP contribution in [0.25, 0.3) is 0 Å². The first-order chi connectivity index (χ1) is 12.1. The second kappa shape index (κ2) is 8.11. The molecular weight excluding hydrogens is 348 g/mol. The molecule has 0 radical (unpaired) electrons. The summed E-state index contributed by atoms with van der Waals surface area (Å²) in [5, 5.41) is 19.5. The molecule has 0 aliphatic carbocycles. The van der Waals surface area contributed by atoms with Crippen LogP contribution in [0.2, 0.25) is 5.02 Å². The van der Waals surface area contributed by atoms with Gasteiger partial charge in [-0.05, 0) is 52.2 Å². The Balaban J connectivity index is 1.98. The second-order valence-electron chi connectivity index (χ2n) is 8.11. The van der Waals surface area contributed by atoms with E-state index in [4.69, 9.17) is 11.6 Å². The molecule has 0 atom stereocenters. The topological polar surface area (TPSA) is 77.0 Å². The highest BCUT2D eigenvalue weighted by atomic mass is 35.5. The van der Waals surface area contributed by atoms with Crippen LogP contribution in [0.5, 0.6) is 0 Å². The highest BCUT2D eigenvalue weighted by Crippen LogP contribution is 2.28. The number of piperidine rings is 1. The maximum absolute atomic E-state index is 12.3. The largest absolute Gasteiger partial charge is 0.387 e. The van der Waals surface area contributed by atoms with Gasteiger partial charge in [0.05, 0.1) is 0 Å². The van der Waals surface area contributed by atoms with E-state index in [1.165, 1.54) is 6.20 Å². The standard InChI is InChI=1S/C20H27ClN4O/c1-19(2)9-16(10-20(3,4)25-19)23-13-15(11-22)18(26)24-12-14-7-5-6-8-17(14)21/h5-8,13,16,23,25H,9-10,12H2,1-4H3,(H,24,26)/b15-13-. The molecule has 3 N–H and O–H groups in total. The Morgan fingerprint density at radius 1 is 1.31 bits per heavy atom. The molecule has 1 amide bonds. The molecule has 0 bridgehead atoms. The van der Waals surface area contributed by atoms with Crippen molar-refractivity contribution in [3.05, 3.63) is 46.6 Å². The summed E-state index contributed by atoms with van der Waals surface area (Å²) in [6, 6.07) is 9.47. The molecule has 1 heterocycles. The van der Waals surface area contributed by atoms with Gasteiger partial charge in [0.25, 0.3) is 5.91 Å². The normalized spacial score (nSPS) is 19.5. The van der Waals surface area contributed by atoms with E-state index in [9.17, 15) is 10.1 Å². The Hall–Kier alpha value is -2.03. The van der Waals surface area contributed by atoms with Crippen LogP contribution in [0, 0.1) is 11.3 Å². The average molecular weight is 375 g/mol. The summed E-state index contributed by atoms with van der Waals surface area (Å²) in [6.07, 6.45) is 3.35. The predicted molar refractivity (Wildman–Crippen MR) is 104 cm³/mol. The SMILES string of the molecule is CC1(C)CC(N/C=C(/C#N)C(=O)NCc2ccccc2Cl)CC(C)(C)N1. The van der Waals surface area contributed by atoms with Crippen LogP contribution in [0.3, 0.4) is 0 Å². The van der Waals surface area contributed by atoms with Crippen LogP contribution in [0.1, 0.15) is 46.1 Å². The lowest BCUT2D eigenvalue weighted by molar-refractivity contribution is -0.117. The highest BCUT2D eigenvalue weighted by molar-refractivity contribution is 6.31. The molecular formula is C20H27ClN4O. The van der Waals surface area contributed by atoms with Crippen molar-refractivity contribution < 1.29 is 4.79 Å². The predicted octanol–water partition coefficient (Wildman–Crippen LogP) is 3.26. The number of hydrogen-bond acceptors (Lipinski definition) is 4. The zero-order chi connectivity index (χ0) is 19.4. The van der Waals surface area contributed by atoms with Crippen LogP contribution in [0.15, 0.2) is 36.0 Å². The number of carbonyl (C=O) groups is 1. The van der Waals surface area contributed by atoms with E-state index in [2.05, 4.69) is 43.6 Å². The maximum atomic E-state index is 12.3. The first-order valence-corrected chi connectivity index (χ1v) is 9.17. The minimum Gasteiger partial charge on any atom is -0.387 e. The summed E-state index contributed by atoms with van der Waals surface area (Å²) in [5.41, 5.74) is 0.861. The van der Waals surface area contributed by atoms with E-state index in [1.54, 1.807) is 6.07 Å². The van der Waals surface area contributed by atoms with Crippen LogP contribution in [-0.2, 0) is 11.3 Å². The Bertz CT molecular complexity index is 718. The summed E-state index contributed by atoms with van der Waals surface area (Å²) >= 11 is 6.09. The molecule has 1 aliphatic rings. The number of hydrogen-bond donors (Lipinski definition) is 3. The van der Waals surface area contributed by atoms with Crippen LogP contribution >= 0.6 is 11.6 Å². The number of carbonyl (C=O) groups excluding carboxylic acids is 1. The Labute approximate surface area is 160 Å². The minimum absolute atomic E-state index is 0.00756. The summed E-state index contributed by atoms with van der Waals surface area (Å²) in [6.45, 7) is 8.92. The first-order valence-electron chi connectivity index (χ1n) is 8.79. The Morgan fingerprint density at radius 3 is 2.50 bits per heavy atom. The molecule has 1 aromatic carbocycles. The van der Waals surface area contributed by atoms with Gasteiger partial charge >= 0.3 is 0 Å². The third kappa shape index (κ3) is 5.76. The van der Waals surface area contributed by atoms with E-state index in [-0.39, 0.29) is 29.2 Å². The number of nitrogens with zero attached hydrogens (tertiary/aromatic N) is 1. The molecule has 5 nitrogen and oxygen atoms in total. The Kier molecular flexibility index (Phi) is 6.33. The third-order valence-electron chi connectivity index (χ3n) is 4.42. The van der Waals surface area contributed by atoms with Crippen molar-refractivity contribution in [3.8, 4) is 6.07 Å². The minimum atomic E-state index is -0.410. The van der Waals surface area contributed by atoms with Gasteiger partial charge < -0.3 is 16.0 Å². The van der Waals surface area contributed by atoms with Gasteiger partial charge in [0.1, 0.15) is 11.6 Å². The lowest BCUT2D eigenvalue weighted by atomic mass is 9.80. The van der Waals surface area contributed by atoms with E-state index in [0.717, 1.165) is 18.4 Å². The maximum Gasteiger partial charge on any atom is 0.263 e. The number of rotatable bonds is 5. The van der Waals surface area contributed by atoms with Crippen molar-refractivity contribution in [3.63, 3.8) is 0 Å². The van der Waals surface area contributed by atoms with Crippen molar-refractivity contribution >= 4 is 17.5 Å². The van der Waals surface area contributed by atoms with Crippen molar-refractivity contribution in [1.82, 2.24) is 16.0 Å². The molecule has 1 fully saturated rings. The zero-order valence-corrected chi connectivity index (χ0v) is 16.6. The number of benzene rings is 1. The lowest BCUT2D eigenvalue weighted by Gasteiger charge is -2.46. The quantitative estimate of drug-likeness (QED) is 0.546. The number of nitriles is 1. The van der Waals surface area contributed by atoms with E-state index in [0.29, 0.717) is 5.02 Å². The molecule has 1 saturated heterocycles. The van der Waals surface area contributed by atoms with Gasteiger partial charge in [-0.3, -0.25) is 4.79 Å². The zero-order valence-electron chi connectivity index (χ0n) is 15.8. The molecule has 1 aromatic rings. The van der Waals surface area contributed by atoms with Crippen LogP contribution in [-0.4, -0.2) is 23.0 Å². The third-order valence-corrected chi connectivity index (χ3v) is 4.78. The molecule has 0 aromatic heterocycles. The molecule has 26 heavy (non-hydrogen) atoms. The van der Waals surface area contributed by atoms with Crippen molar-refractivity contribution in [2.24, 2.45) is 0 Å². The lowest BCUT2D eigenvalue weighted by Crippen LogP contribution is -2.61. The van der Waals surface area contributed by atoms with Gasteiger partial charge in [0.15, 0.2) is 0 Å². The van der Waals surface area contributed by atoms with Gasteiger partial charge in [0, 0.05) is 34.9 Å². The summed E-state index contributed by atoms with van der Waals surface area (Å²) in [7, 11) is 0. The molecule has 0 spiro atoms. The summed E-state index contributed by atoms with van der Waals surface area (Å²) in [5.74, 6) is -0.410. The van der Waals surface area contributed by atoms with Gasteiger partial charge in [-0.15, -0.1) is 0 Å². The smallest absolute Gasteiger partial charge is 0.263 e. The fourth-order valence-electron chi connectivity index (χ4n) is 3.70. The molecule has 1 aliphatic heterocycles. The van der Waals surface area contributed by atoms with Crippen molar-refractivity contribution in [2.45, 2.75) is 64.2 Å². The van der Waals surface area contributed by atoms with Crippen LogP contribution < -0.4 is 16.0 Å². The van der Waals surface area contributed by atoms with Crippen LogP contribution in [0.4, 0.5) is 0 Å². The van der Waals surface area contributed by atoms with Gasteiger partial charge in [-0.1, -0.05) is 29.8 Å². The molecule has 0 saturated carbocycles. The second-order valence-corrected chi connectivity index (χ2v) is 8.52. The Morgan fingerprint density at radius 2 is 1.92 bits per heavy atom. The fraction of sp³-hybridized carbons (Fsp3) is 0.500.